The lowest BCUT2D eigenvalue weighted by Gasteiger charge is -2.25. The molecule has 0 aliphatic heterocycles. The van der Waals surface area contributed by atoms with Gasteiger partial charge in [0.2, 0.25) is 0 Å². The molecule has 1 rings (SSSR count). The van der Waals surface area contributed by atoms with Crippen LogP contribution >= 0.6 is 0 Å². The Bertz CT molecular complexity index is 394. The predicted molar refractivity (Wildman–Crippen MR) is 59.5 cm³/mol. The van der Waals surface area contributed by atoms with Crippen molar-refractivity contribution in [1.29, 1.82) is 0 Å². The van der Waals surface area contributed by atoms with Gasteiger partial charge in [-0.3, -0.25) is 14.9 Å². The van der Waals surface area contributed by atoms with Crippen molar-refractivity contribution in [2.75, 3.05) is 6.54 Å². The van der Waals surface area contributed by atoms with Crippen molar-refractivity contribution in [3.8, 4) is 0 Å². The van der Waals surface area contributed by atoms with E-state index in [1.807, 2.05) is 6.07 Å². The molecular formula is C11H14N2O4. The van der Waals surface area contributed by atoms with Gasteiger partial charge in [-0.25, -0.2) is 10.3 Å². The molecule has 0 bridgehead atoms. The summed E-state index contributed by atoms with van der Waals surface area (Å²) in [7, 11) is 0. The van der Waals surface area contributed by atoms with Gasteiger partial charge in [-0.05, 0) is 12.5 Å². The number of carbonyl (C=O) groups is 2. The van der Waals surface area contributed by atoms with Crippen LogP contribution in [0.15, 0.2) is 30.3 Å². The van der Waals surface area contributed by atoms with Crippen molar-refractivity contribution < 1.29 is 19.9 Å². The Morgan fingerprint density at radius 3 is 2.41 bits per heavy atom. The smallest absolute Gasteiger partial charge is 0.408 e. The summed E-state index contributed by atoms with van der Waals surface area (Å²) in [5.41, 5.74) is 2.19. The van der Waals surface area contributed by atoms with Crippen LogP contribution in [0, 0.1) is 0 Å². The second-order valence-corrected chi connectivity index (χ2v) is 3.53. The molecule has 0 fully saturated rings. The molecule has 3 N–H and O–H groups in total. The summed E-state index contributed by atoms with van der Waals surface area (Å²) in [6.45, 7) is 1.26. The molecule has 0 saturated carbocycles. The standard InChI is InChI=1S/C11H14N2O4/c1-8(9-5-3-2-4-6-9)13(11(15)16)7-10(14)12-17/h2-6,8,17H,7H2,1H3,(H,12,14)(H,15,16)/t8-/m0/s1. The van der Waals surface area contributed by atoms with Crippen LogP contribution in [0.1, 0.15) is 18.5 Å². The van der Waals surface area contributed by atoms with Crippen molar-refractivity contribution in [2.24, 2.45) is 0 Å². The highest BCUT2D eigenvalue weighted by molar-refractivity contribution is 5.81. The molecule has 0 heterocycles. The van der Waals surface area contributed by atoms with Crippen LogP contribution in [0.4, 0.5) is 4.79 Å². The van der Waals surface area contributed by atoms with E-state index in [0.29, 0.717) is 0 Å². The van der Waals surface area contributed by atoms with Gasteiger partial charge in [0.25, 0.3) is 5.91 Å². The van der Waals surface area contributed by atoms with Gasteiger partial charge in [-0.2, -0.15) is 0 Å². The largest absolute Gasteiger partial charge is 0.465 e. The Hall–Kier alpha value is -2.08. The molecule has 92 valence electrons. The van der Waals surface area contributed by atoms with Crippen LogP contribution in [0.5, 0.6) is 0 Å². The number of carboxylic acid groups (broad SMARTS) is 1. The third kappa shape index (κ3) is 3.46. The number of carbonyl (C=O) groups excluding carboxylic acids is 1. The normalized spacial score (nSPS) is 11.6. The monoisotopic (exact) mass is 238 g/mol. The van der Waals surface area contributed by atoms with Gasteiger partial charge in [0.05, 0.1) is 6.04 Å². The van der Waals surface area contributed by atoms with Gasteiger partial charge < -0.3 is 5.11 Å². The average Bonchev–Trinajstić information content (AvgIpc) is 2.35. The highest BCUT2D eigenvalue weighted by atomic mass is 16.5. The first-order valence-electron chi connectivity index (χ1n) is 5.03. The Morgan fingerprint density at radius 1 is 1.35 bits per heavy atom. The van der Waals surface area contributed by atoms with Crippen LogP contribution < -0.4 is 5.48 Å². The molecule has 6 nitrogen and oxygen atoms in total. The summed E-state index contributed by atoms with van der Waals surface area (Å²) in [6.07, 6.45) is -1.22. The summed E-state index contributed by atoms with van der Waals surface area (Å²) in [5.74, 6) is -0.768. The maximum atomic E-state index is 11.0. The predicted octanol–water partition coefficient (Wildman–Crippen LogP) is 1.23. The van der Waals surface area contributed by atoms with Crippen LogP contribution in [-0.2, 0) is 4.79 Å². The zero-order valence-corrected chi connectivity index (χ0v) is 9.33. The number of hydrogen-bond acceptors (Lipinski definition) is 3. The summed E-state index contributed by atoms with van der Waals surface area (Å²) in [4.78, 5) is 23.0. The van der Waals surface area contributed by atoms with E-state index in [0.717, 1.165) is 10.5 Å². The average molecular weight is 238 g/mol. The molecule has 1 aromatic rings. The summed E-state index contributed by atoms with van der Waals surface area (Å²) in [5, 5.41) is 17.4. The zero-order valence-electron chi connectivity index (χ0n) is 9.33. The molecule has 0 unspecified atom stereocenters. The maximum absolute atomic E-state index is 11.0. The van der Waals surface area contributed by atoms with Gasteiger partial charge >= 0.3 is 6.09 Å². The minimum Gasteiger partial charge on any atom is -0.465 e. The van der Waals surface area contributed by atoms with E-state index in [4.69, 9.17) is 10.3 Å². The molecule has 2 amide bonds. The summed E-state index contributed by atoms with van der Waals surface area (Å²) < 4.78 is 0. The van der Waals surface area contributed by atoms with Crippen LogP contribution in [0.25, 0.3) is 0 Å². The van der Waals surface area contributed by atoms with E-state index in [1.165, 1.54) is 5.48 Å². The van der Waals surface area contributed by atoms with E-state index >= 15 is 0 Å². The maximum Gasteiger partial charge on any atom is 0.408 e. The second kappa shape index (κ2) is 5.86. The fraction of sp³-hybridized carbons (Fsp3) is 0.273. The Balaban J connectivity index is 2.84. The van der Waals surface area contributed by atoms with E-state index in [-0.39, 0.29) is 0 Å². The number of rotatable bonds is 4. The van der Waals surface area contributed by atoms with Crippen LogP contribution in [0.2, 0.25) is 0 Å². The lowest BCUT2D eigenvalue weighted by molar-refractivity contribution is -0.130. The molecule has 0 radical (unpaired) electrons. The van der Waals surface area contributed by atoms with Crippen molar-refractivity contribution >= 4 is 12.0 Å². The number of amides is 2. The van der Waals surface area contributed by atoms with Gasteiger partial charge in [0, 0.05) is 0 Å². The second-order valence-electron chi connectivity index (χ2n) is 3.53. The van der Waals surface area contributed by atoms with E-state index in [1.54, 1.807) is 31.2 Å². The Kier molecular flexibility index (Phi) is 4.47. The van der Waals surface area contributed by atoms with Gasteiger partial charge in [0.15, 0.2) is 0 Å². The van der Waals surface area contributed by atoms with E-state index < -0.39 is 24.6 Å². The van der Waals surface area contributed by atoms with Crippen molar-refractivity contribution in [3.05, 3.63) is 35.9 Å². The Morgan fingerprint density at radius 2 is 1.94 bits per heavy atom. The molecule has 17 heavy (non-hydrogen) atoms. The highest BCUT2D eigenvalue weighted by Crippen LogP contribution is 2.19. The quantitative estimate of drug-likeness (QED) is 0.543. The Labute approximate surface area is 98.4 Å². The number of hydrogen-bond donors (Lipinski definition) is 3. The number of nitrogens with one attached hydrogen (secondary N) is 1. The fourth-order valence-electron chi connectivity index (χ4n) is 1.47. The molecule has 1 atom stereocenters. The minimum atomic E-state index is -1.22. The number of nitrogens with zero attached hydrogens (tertiary/aromatic N) is 1. The van der Waals surface area contributed by atoms with Crippen molar-refractivity contribution in [1.82, 2.24) is 10.4 Å². The molecule has 0 aromatic heterocycles. The summed E-state index contributed by atoms with van der Waals surface area (Å²) >= 11 is 0. The van der Waals surface area contributed by atoms with Crippen LogP contribution in [0.3, 0.4) is 0 Å². The topological polar surface area (TPSA) is 89.9 Å². The van der Waals surface area contributed by atoms with Crippen molar-refractivity contribution in [3.63, 3.8) is 0 Å². The molecule has 0 aliphatic carbocycles. The summed E-state index contributed by atoms with van der Waals surface area (Å²) in [6, 6.07) is 8.48. The lowest BCUT2D eigenvalue weighted by atomic mass is 10.1. The third-order valence-corrected chi connectivity index (χ3v) is 2.43. The van der Waals surface area contributed by atoms with E-state index in [2.05, 4.69) is 0 Å². The molecule has 1 aromatic carbocycles. The SMILES string of the molecule is C[C@@H](c1ccccc1)N(CC(=O)NO)C(=O)O. The highest BCUT2D eigenvalue weighted by Gasteiger charge is 2.22. The molecule has 0 aliphatic rings. The van der Waals surface area contributed by atoms with Crippen molar-refractivity contribution in [2.45, 2.75) is 13.0 Å². The van der Waals surface area contributed by atoms with Gasteiger partial charge in [-0.15, -0.1) is 0 Å². The van der Waals surface area contributed by atoms with Crippen LogP contribution in [-0.4, -0.2) is 33.8 Å². The first kappa shape index (κ1) is 13.0. The number of benzene rings is 1. The first-order chi connectivity index (χ1) is 8.06. The molecule has 0 spiro atoms. The van der Waals surface area contributed by atoms with Gasteiger partial charge in [-0.1, -0.05) is 30.3 Å². The van der Waals surface area contributed by atoms with Gasteiger partial charge in [0.1, 0.15) is 6.54 Å². The minimum absolute atomic E-state index is 0.415. The molecule has 6 heteroatoms. The molecule has 0 saturated heterocycles. The zero-order chi connectivity index (χ0) is 12.8. The third-order valence-electron chi connectivity index (χ3n) is 2.43. The first-order valence-corrected chi connectivity index (χ1v) is 5.03. The van der Waals surface area contributed by atoms with E-state index in [9.17, 15) is 9.59 Å². The lowest BCUT2D eigenvalue weighted by Crippen LogP contribution is -2.40. The number of hydroxylamine groups is 1. The molecular weight excluding hydrogens is 224 g/mol. The fourth-order valence-corrected chi connectivity index (χ4v) is 1.47.